The van der Waals surface area contributed by atoms with Gasteiger partial charge in [0.05, 0.1) is 12.4 Å². The Bertz CT molecular complexity index is 506. The molecule has 9 heteroatoms. The van der Waals surface area contributed by atoms with E-state index in [4.69, 9.17) is 27.9 Å². The Morgan fingerprint density at radius 1 is 1.14 bits per heavy atom. The lowest BCUT2D eigenvalue weighted by atomic mass is 10.2. The van der Waals surface area contributed by atoms with E-state index in [0.717, 1.165) is 0 Å². The van der Waals surface area contributed by atoms with Gasteiger partial charge in [-0.2, -0.15) is 0 Å². The average molecular weight is 378 g/mol. The molecule has 5 nitrogen and oxygen atoms in total. The molecule has 1 aromatic carbocycles. The first-order chi connectivity index (χ1) is 9.46. The standard InChI is InChI=1S/C12H18Cl2N2O3S.ClH/c1-19-8-7-15-5-6-16-20(17,18)9-10-11(13)3-2-4-12(10)14;/h2-4,15-16H,5-9H2,1H3;1H. The molecule has 122 valence electrons. The molecule has 0 bridgehead atoms. The molecule has 1 aromatic rings. The largest absolute Gasteiger partial charge is 0.383 e. The third-order valence-electron chi connectivity index (χ3n) is 2.50. The molecular weight excluding hydrogens is 359 g/mol. The highest BCUT2D eigenvalue weighted by molar-refractivity contribution is 7.88. The summed E-state index contributed by atoms with van der Waals surface area (Å²) in [5, 5.41) is 3.74. The van der Waals surface area contributed by atoms with Crippen LogP contribution in [0.3, 0.4) is 0 Å². The third kappa shape index (κ3) is 8.21. The Kier molecular flexibility index (Phi) is 10.6. The smallest absolute Gasteiger partial charge is 0.215 e. The summed E-state index contributed by atoms with van der Waals surface area (Å²) in [5.41, 5.74) is 0.413. The van der Waals surface area contributed by atoms with E-state index in [1.165, 1.54) is 0 Å². The fourth-order valence-corrected chi connectivity index (χ4v) is 3.40. The van der Waals surface area contributed by atoms with Crippen molar-refractivity contribution in [3.63, 3.8) is 0 Å². The maximum Gasteiger partial charge on any atom is 0.215 e. The van der Waals surface area contributed by atoms with Gasteiger partial charge in [-0.1, -0.05) is 29.3 Å². The fraction of sp³-hybridized carbons (Fsp3) is 0.500. The lowest BCUT2D eigenvalue weighted by molar-refractivity contribution is 0.199. The van der Waals surface area contributed by atoms with Crippen LogP contribution in [0.2, 0.25) is 10.0 Å². The molecule has 1 rings (SSSR count). The summed E-state index contributed by atoms with van der Waals surface area (Å²) >= 11 is 11.9. The van der Waals surface area contributed by atoms with E-state index < -0.39 is 10.0 Å². The number of hydrogen-bond acceptors (Lipinski definition) is 4. The zero-order chi connectivity index (χ0) is 15.0. The summed E-state index contributed by atoms with van der Waals surface area (Å²) < 4.78 is 31.2. The molecule has 2 N–H and O–H groups in total. The monoisotopic (exact) mass is 376 g/mol. The first-order valence-corrected chi connectivity index (χ1v) is 8.47. The normalized spacial score (nSPS) is 11.2. The van der Waals surface area contributed by atoms with Gasteiger partial charge in [0, 0.05) is 42.4 Å². The van der Waals surface area contributed by atoms with Gasteiger partial charge in [0.15, 0.2) is 0 Å². The van der Waals surface area contributed by atoms with E-state index in [9.17, 15) is 8.42 Å². The lowest BCUT2D eigenvalue weighted by Gasteiger charge is -2.10. The molecule has 0 saturated carbocycles. The number of benzene rings is 1. The Hall–Kier alpha value is -0.0800. The first-order valence-electron chi connectivity index (χ1n) is 6.06. The van der Waals surface area contributed by atoms with Crippen molar-refractivity contribution in [2.24, 2.45) is 0 Å². The number of rotatable bonds is 9. The number of sulfonamides is 1. The molecule has 0 saturated heterocycles. The van der Waals surface area contributed by atoms with Gasteiger partial charge in [-0.05, 0) is 12.1 Å². The van der Waals surface area contributed by atoms with Crippen molar-refractivity contribution in [2.45, 2.75) is 5.75 Å². The molecule has 0 amide bonds. The zero-order valence-corrected chi connectivity index (χ0v) is 14.7. The van der Waals surface area contributed by atoms with Crippen molar-refractivity contribution in [2.75, 3.05) is 33.4 Å². The number of nitrogens with one attached hydrogen (secondary N) is 2. The van der Waals surface area contributed by atoms with Gasteiger partial charge in [0.1, 0.15) is 0 Å². The molecule has 21 heavy (non-hydrogen) atoms. The van der Waals surface area contributed by atoms with E-state index in [1.54, 1.807) is 25.3 Å². The maximum absolute atomic E-state index is 11.9. The van der Waals surface area contributed by atoms with Crippen LogP contribution in [0.15, 0.2) is 18.2 Å². The summed E-state index contributed by atoms with van der Waals surface area (Å²) in [7, 11) is -1.85. The summed E-state index contributed by atoms with van der Waals surface area (Å²) in [6.45, 7) is 2.09. The maximum atomic E-state index is 11.9. The number of hydrogen-bond donors (Lipinski definition) is 2. The van der Waals surface area contributed by atoms with E-state index in [-0.39, 0.29) is 18.2 Å². The molecule has 0 aliphatic carbocycles. The van der Waals surface area contributed by atoms with Crippen LogP contribution in [0, 0.1) is 0 Å². The molecule has 0 aliphatic rings. The van der Waals surface area contributed by atoms with Crippen molar-refractivity contribution in [1.29, 1.82) is 0 Å². The van der Waals surface area contributed by atoms with Crippen LogP contribution in [0.1, 0.15) is 5.56 Å². The van der Waals surface area contributed by atoms with Crippen molar-refractivity contribution < 1.29 is 13.2 Å². The SMILES string of the molecule is COCCNCCNS(=O)(=O)Cc1c(Cl)cccc1Cl.Cl. The van der Waals surface area contributed by atoms with Gasteiger partial charge in [0.25, 0.3) is 0 Å². The molecule has 0 aromatic heterocycles. The van der Waals surface area contributed by atoms with Crippen molar-refractivity contribution in [3.05, 3.63) is 33.8 Å². The summed E-state index contributed by atoms with van der Waals surface area (Å²) in [6, 6.07) is 4.91. The Morgan fingerprint density at radius 3 is 2.33 bits per heavy atom. The molecule has 0 atom stereocenters. The van der Waals surface area contributed by atoms with Gasteiger partial charge >= 0.3 is 0 Å². The van der Waals surface area contributed by atoms with Gasteiger partial charge in [0.2, 0.25) is 10.0 Å². The minimum Gasteiger partial charge on any atom is -0.383 e. The van der Waals surface area contributed by atoms with Crippen molar-refractivity contribution in [3.8, 4) is 0 Å². The highest BCUT2D eigenvalue weighted by Gasteiger charge is 2.15. The summed E-state index contributed by atoms with van der Waals surface area (Å²) in [6.07, 6.45) is 0. The first kappa shape index (κ1) is 20.9. The number of ether oxygens (including phenoxy) is 1. The summed E-state index contributed by atoms with van der Waals surface area (Å²) in [5.74, 6) is -0.233. The molecule has 0 unspecified atom stereocenters. The quantitative estimate of drug-likeness (QED) is 0.647. The molecule has 0 fully saturated rings. The second-order valence-corrected chi connectivity index (χ2v) is 6.72. The molecule has 0 spiro atoms. The second kappa shape index (κ2) is 10.6. The lowest BCUT2D eigenvalue weighted by Crippen LogP contribution is -2.33. The molecule has 0 radical (unpaired) electrons. The minimum absolute atomic E-state index is 0. The molecule has 0 aliphatic heterocycles. The van der Waals surface area contributed by atoms with Gasteiger partial charge in [-0.25, -0.2) is 13.1 Å². The predicted molar refractivity (Wildman–Crippen MR) is 89.1 cm³/mol. The van der Waals surface area contributed by atoms with E-state index >= 15 is 0 Å². The zero-order valence-electron chi connectivity index (χ0n) is 11.6. The van der Waals surface area contributed by atoms with Gasteiger partial charge < -0.3 is 10.1 Å². The third-order valence-corrected chi connectivity index (χ3v) is 4.52. The fourth-order valence-electron chi connectivity index (χ4n) is 1.51. The highest BCUT2D eigenvalue weighted by Crippen LogP contribution is 2.25. The van der Waals surface area contributed by atoms with E-state index in [0.29, 0.717) is 41.8 Å². The Morgan fingerprint density at radius 2 is 1.76 bits per heavy atom. The van der Waals surface area contributed by atoms with E-state index in [1.807, 2.05) is 0 Å². The van der Waals surface area contributed by atoms with Gasteiger partial charge in [-0.15, -0.1) is 12.4 Å². The van der Waals surface area contributed by atoms with Crippen LogP contribution in [0.4, 0.5) is 0 Å². The van der Waals surface area contributed by atoms with E-state index in [2.05, 4.69) is 10.0 Å². The second-order valence-electron chi connectivity index (χ2n) is 4.10. The average Bonchev–Trinajstić information content (AvgIpc) is 2.38. The minimum atomic E-state index is -3.46. The van der Waals surface area contributed by atoms with Crippen LogP contribution in [0.25, 0.3) is 0 Å². The van der Waals surface area contributed by atoms with Crippen LogP contribution >= 0.6 is 35.6 Å². The van der Waals surface area contributed by atoms with Crippen LogP contribution in [-0.2, 0) is 20.5 Å². The van der Waals surface area contributed by atoms with Crippen molar-refractivity contribution >= 4 is 45.6 Å². The molecular formula is C12H19Cl3N2O3S. The van der Waals surface area contributed by atoms with Crippen molar-refractivity contribution in [1.82, 2.24) is 10.0 Å². The van der Waals surface area contributed by atoms with Gasteiger partial charge in [-0.3, -0.25) is 0 Å². The number of halogens is 3. The Labute approximate surface area is 141 Å². The highest BCUT2D eigenvalue weighted by atomic mass is 35.5. The Balaban J connectivity index is 0.00000400. The molecule has 0 heterocycles. The number of methoxy groups -OCH3 is 1. The van der Waals surface area contributed by atoms with Crippen LogP contribution in [-0.4, -0.2) is 41.8 Å². The topological polar surface area (TPSA) is 67.4 Å². The van der Waals surface area contributed by atoms with Crippen LogP contribution in [0.5, 0.6) is 0 Å². The predicted octanol–water partition coefficient (Wildman–Crippen LogP) is 2.07. The summed E-state index contributed by atoms with van der Waals surface area (Å²) in [4.78, 5) is 0. The van der Waals surface area contributed by atoms with Crippen LogP contribution < -0.4 is 10.0 Å².